The number of pyridine rings is 1. The van der Waals surface area contributed by atoms with Crippen LogP contribution in [0.5, 0.6) is 0 Å². The monoisotopic (exact) mass is 308 g/mol. The van der Waals surface area contributed by atoms with E-state index in [4.69, 9.17) is 28.2 Å². The first-order valence-electron chi connectivity index (χ1n) is 7.09. The molecule has 0 aliphatic heterocycles. The van der Waals surface area contributed by atoms with Crippen LogP contribution in [-0.2, 0) is 19.4 Å². The van der Waals surface area contributed by atoms with Crippen LogP contribution >= 0.6 is 23.2 Å². The van der Waals surface area contributed by atoms with Crippen molar-refractivity contribution in [2.75, 3.05) is 0 Å². The normalized spacial score (nSPS) is 14.2. The van der Waals surface area contributed by atoms with Crippen LogP contribution in [0.2, 0.25) is 10.0 Å². The van der Waals surface area contributed by atoms with Crippen LogP contribution in [0.25, 0.3) is 10.9 Å². The van der Waals surface area contributed by atoms with E-state index in [2.05, 4.69) is 19.2 Å². The molecular formula is C16H18Cl2N2. The third kappa shape index (κ3) is 2.41. The first kappa shape index (κ1) is 14.1. The molecule has 3 rings (SSSR count). The van der Waals surface area contributed by atoms with Gasteiger partial charge in [-0.1, -0.05) is 43.1 Å². The van der Waals surface area contributed by atoms with Crippen LogP contribution in [0.1, 0.15) is 37.1 Å². The minimum Gasteiger partial charge on any atom is -0.310 e. The Morgan fingerprint density at radius 1 is 1.25 bits per heavy atom. The van der Waals surface area contributed by atoms with Crippen molar-refractivity contribution in [3.8, 4) is 0 Å². The van der Waals surface area contributed by atoms with Gasteiger partial charge in [-0.3, -0.25) is 4.98 Å². The fourth-order valence-electron chi connectivity index (χ4n) is 2.87. The molecule has 0 unspecified atom stereocenters. The summed E-state index contributed by atoms with van der Waals surface area (Å²) in [5, 5.41) is 5.80. The topological polar surface area (TPSA) is 24.9 Å². The number of nitrogens with one attached hydrogen (secondary N) is 1. The molecule has 0 saturated carbocycles. The number of hydrogen-bond acceptors (Lipinski definition) is 2. The van der Waals surface area contributed by atoms with Gasteiger partial charge in [0.05, 0.1) is 15.6 Å². The van der Waals surface area contributed by atoms with Crippen LogP contribution in [0.4, 0.5) is 0 Å². The molecule has 1 aliphatic carbocycles. The molecule has 4 heteroatoms. The van der Waals surface area contributed by atoms with E-state index in [0.29, 0.717) is 16.1 Å². The summed E-state index contributed by atoms with van der Waals surface area (Å²) in [5.74, 6) is 0. The van der Waals surface area contributed by atoms with Crippen molar-refractivity contribution >= 4 is 34.1 Å². The van der Waals surface area contributed by atoms with Gasteiger partial charge in [0.15, 0.2) is 0 Å². The number of rotatable bonds is 3. The fourth-order valence-corrected chi connectivity index (χ4v) is 3.23. The number of benzene rings is 1. The quantitative estimate of drug-likeness (QED) is 0.901. The number of halogens is 2. The van der Waals surface area contributed by atoms with Gasteiger partial charge in [-0.2, -0.15) is 0 Å². The van der Waals surface area contributed by atoms with Gasteiger partial charge in [-0.15, -0.1) is 0 Å². The van der Waals surface area contributed by atoms with Crippen LogP contribution in [0.15, 0.2) is 12.1 Å². The zero-order chi connectivity index (χ0) is 14.3. The summed E-state index contributed by atoms with van der Waals surface area (Å²) in [6.07, 6.45) is 3.34. The second-order valence-electron chi connectivity index (χ2n) is 5.66. The van der Waals surface area contributed by atoms with Gasteiger partial charge in [0.25, 0.3) is 0 Å². The maximum Gasteiger partial charge on any atom is 0.0910 e. The van der Waals surface area contributed by atoms with E-state index < -0.39 is 0 Å². The highest BCUT2D eigenvalue weighted by Crippen LogP contribution is 2.36. The molecule has 0 fully saturated rings. The third-order valence-corrected chi connectivity index (χ3v) is 4.68. The minimum atomic E-state index is 0.457. The van der Waals surface area contributed by atoms with Crippen LogP contribution in [-0.4, -0.2) is 11.0 Å². The molecule has 0 bridgehead atoms. The lowest BCUT2D eigenvalue weighted by atomic mass is 10.0. The average Bonchev–Trinajstić information content (AvgIpc) is 2.87. The van der Waals surface area contributed by atoms with Crippen molar-refractivity contribution in [1.29, 1.82) is 0 Å². The van der Waals surface area contributed by atoms with Gasteiger partial charge in [0, 0.05) is 23.7 Å². The van der Waals surface area contributed by atoms with E-state index in [1.54, 1.807) is 0 Å². The second-order valence-corrected chi connectivity index (χ2v) is 6.45. The Kier molecular flexibility index (Phi) is 3.89. The van der Waals surface area contributed by atoms with Gasteiger partial charge in [0.2, 0.25) is 0 Å². The standard InChI is InChI=1S/C16H18Cl2N2/c1-9(2)19-8-12-10-4-3-5-14(10)20-16-11(12)6-7-13(17)15(16)18/h6-7,9,19H,3-5,8H2,1-2H3. The van der Waals surface area contributed by atoms with E-state index in [1.165, 1.54) is 23.2 Å². The molecule has 0 amide bonds. The zero-order valence-corrected chi connectivity index (χ0v) is 13.3. The summed E-state index contributed by atoms with van der Waals surface area (Å²) in [7, 11) is 0. The first-order chi connectivity index (χ1) is 9.58. The molecule has 2 nitrogen and oxygen atoms in total. The van der Waals surface area contributed by atoms with Crippen molar-refractivity contribution in [1.82, 2.24) is 10.3 Å². The Hall–Kier alpha value is -0.830. The summed E-state index contributed by atoms with van der Waals surface area (Å²) >= 11 is 12.5. The lowest BCUT2D eigenvalue weighted by Crippen LogP contribution is -2.23. The van der Waals surface area contributed by atoms with Gasteiger partial charge in [-0.05, 0) is 36.5 Å². The minimum absolute atomic E-state index is 0.457. The summed E-state index contributed by atoms with van der Waals surface area (Å²) in [5.41, 5.74) is 4.79. The van der Waals surface area contributed by atoms with Crippen molar-refractivity contribution in [2.24, 2.45) is 0 Å². The predicted octanol–water partition coefficient (Wildman–Crippen LogP) is 4.53. The number of nitrogens with zero attached hydrogens (tertiary/aromatic N) is 1. The van der Waals surface area contributed by atoms with Crippen LogP contribution in [0.3, 0.4) is 0 Å². The molecule has 0 radical (unpaired) electrons. The number of fused-ring (bicyclic) bond motifs is 2. The molecule has 2 aromatic rings. The highest BCUT2D eigenvalue weighted by molar-refractivity contribution is 6.45. The number of hydrogen-bond donors (Lipinski definition) is 1. The number of aryl methyl sites for hydroxylation is 1. The third-order valence-electron chi connectivity index (χ3n) is 3.88. The summed E-state index contributed by atoms with van der Waals surface area (Å²) in [6.45, 7) is 5.18. The Bertz CT molecular complexity index is 665. The Labute approximate surface area is 129 Å². The largest absolute Gasteiger partial charge is 0.310 e. The van der Waals surface area contributed by atoms with E-state index in [0.717, 1.165) is 30.3 Å². The maximum atomic E-state index is 6.35. The smallest absolute Gasteiger partial charge is 0.0910 e. The maximum absolute atomic E-state index is 6.35. The van der Waals surface area contributed by atoms with Gasteiger partial charge in [-0.25, -0.2) is 0 Å². The van der Waals surface area contributed by atoms with Crippen molar-refractivity contribution in [2.45, 2.75) is 45.7 Å². The van der Waals surface area contributed by atoms with E-state index in [1.807, 2.05) is 12.1 Å². The highest BCUT2D eigenvalue weighted by atomic mass is 35.5. The lowest BCUT2D eigenvalue weighted by Gasteiger charge is -2.16. The highest BCUT2D eigenvalue weighted by Gasteiger charge is 2.21. The van der Waals surface area contributed by atoms with Crippen LogP contribution in [0, 0.1) is 0 Å². The molecule has 20 heavy (non-hydrogen) atoms. The lowest BCUT2D eigenvalue weighted by molar-refractivity contribution is 0.588. The van der Waals surface area contributed by atoms with Crippen molar-refractivity contribution in [3.63, 3.8) is 0 Å². The molecule has 0 saturated heterocycles. The molecular weight excluding hydrogens is 291 g/mol. The Balaban J connectivity index is 2.21. The molecule has 1 aromatic heterocycles. The predicted molar refractivity (Wildman–Crippen MR) is 85.8 cm³/mol. The zero-order valence-electron chi connectivity index (χ0n) is 11.8. The molecule has 1 aromatic carbocycles. The van der Waals surface area contributed by atoms with E-state index in [9.17, 15) is 0 Å². The Morgan fingerprint density at radius 2 is 2.05 bits per heavy atom. The van der Waals surface area contributed by atoms with Crippen molar-refractivity contribution in [3.05, 3.63) is 39.0 Å². The molecule has 106 valence electrons. The van der Waals surface area contributed by atoms with E-state index in [-0.39, 0.29) is 0 Å². The molecule has 1 aliphatic rings. The summed E-state index contributed by atoms with van der Waals surface area (Å²) < 4.78 is 0. The Morgan fingerprint density at radius 3 is 2.80 bits per heavy atom. The molecule has 1 N–H and O–H groups in total. The second kappa shape index (κ2) is 5.51. The van der Waals surface area contributed by atoms with Crippen LogP contribution < -0.4 is 5.32 Å². The first-order valence-corrected chi connectivity index (χ1v) is 7.85. The SMILES string of the molecule is CC(C)NCc1c2c(nc3c(Cl)c(Cl)ccc13)CCC2. The summed E-state index contributed by atoms with van der Waals surface area (Å²) in [6, 6.07) is 4.37. The number of aromatic nitrogens is 1. The molecule has 0 atom stereocenters. The molecule has 0 spiro atoms. The van der Waals surface area contributed by atoms with E-state index >= 15 is 0 Å². The van der Waals surface area contributed by atoms with Gasteiger partial charge >= 0.3 is 0 Å². The van der Waals surface area contributed by atoms with Crippen molar-refractivity contribution < 1.29 is 0 Å². The van der Waals surface area contributed by atoms with Gasteiger partial charge < -0.3 is 5.32 Å². The fraction of sp³-hybridized carbons (Fsp3) is 0.438. The van der Waals surface area contributed by atoms with Gasteiger partial charge in [0.1, 0.15) is 0 Å². The summed E-state index contributed by atoms with van der Waals surface area (Å²) in [4.78, 5) is 4.76. The average molecular weight is 309 g/mol. The molecule has 1 heterocycles.